The zero-order chi connectivity index (χ0) is 15.6. The zero-order valence-electron chi connectivity index (χ0n) is 11.4. The second-order valence-electron chi connectivity index (χ2n) is 5.79. The lowest BCUT2D eigenvalue weighted by molar-refractivity contribution is -0.140. The van der Waals surface area contributed by atoms with Crippen molar-refractivity contribution in [2.24, 2.45) is 5.41 Å². The summed E-state index contributed by atoms with van der Waals surface area (Å²) in [5, 5.41) is 19.7. The molecule has 1 aromatic carbocycles. The Morgan fingerprint density at radius 2 is 2.05 bits per heavy atom. The number of rotatable bonds is 5. The third kappa shape index (κ3) is 3.96. The number of benzene rings is 1. The molecule has 3 nitrogen and oxygen atoms in total. The minimum Gasteiger partial charge on any atom is -0.481 e. The second-order valence-corrected chi connectivity index (χ2v) is 7.05. The molecule has 0 spiro atoms. The van der Waals surface area contributed by atoms with E-state index in [2.05, 4.69) is 15.9 Å². The van der Waals surface area contributed by atoms with Crippen molar-refractivity contribution in [3.63, 3.8) is 0 Å². The van der Waals surface area contributed by atoms with Crippen LogP contribution in [0.25, 0.3) is 0 Å². The van der Waals surface area contributed by atoms with Crippen LogP contribution >= 0.6 is 27.5 Å². The molecule has 0 amide bonds. The number of carboxylic acids is 1. The number of aliphatic hydroxyl groups excluding tert-OH is 1. The van der Waals surface area contributed by atoms with Crippen LogP contribution in [0.15, 0.2) is 16.6 Å². The van der Waals surface area contributed by atoms with Gasteiger partial charge in [-0.05, 0) is 52.7 Å². The van der Waals surface area contributed by atoms with E-state index in [0.29, 0.717) is 9.50 Å². The lowest BCUT2D eigenvalue weighted by Gasteiger charge is -2.30. The van der Waals surface area contributed by atoms with Crippen molar-refractivity contribution in [1.82, 2.24) is 0 Å². The first-order valence-electron chi connectivity index (χ1n) is 6.87. The predicted molar refractivity (Wildman–Crippen MR) is 81.8 cm³/mol. The number of aliphatic carboxylic acids is 1. The quantitative estimate of drug-likeness (QED) is 0.729. The molecule has 0 aromatic heterocycles. The lowest BCUT2D eigenvalue weighted by Crippen LogP contribution is -2.24. The summed E-state index contributed by atoms with van der Waals surface area (Å²) in [6.45, 7) is 0. The van der Waals surface area contributed by atoms with Gasteiger partial charge in [-0.15, -0.1) is 0 Å². The Balaban J connectivity index is 2.21. The fraction of sp³-hybridized carbons (Fsp3) is 0.533. The molecule has 0 bridgehead atoms. The highest BCUT2D eigenvalue weighted by molar-refractivity contribution is 9.10. The van der Waals surface area contributed by atoms with Gasteiger partial charge in [0.15, 0.2) is 0 Å². The Morgan fingerprint density at radius 3 is 2.62 bits per heavy atom. The summed E-state index contributed by atoms with van der Waals surface area (Å²) in [6.07, 6.45) is 2.61. The van der Waals surface area contributed by atoms with Crippen LogP contribution in [0.2, 0.25) is 5.02 Å². The third-order valence-corrected chi connectivity index (χ3v) is 5.41. The van der Waals surface area contributed by atoms with E-state index in [1.807, 2.05) is 0 Å². The highest BCUT2D eigenvalue weighted by Gasteiger charge is 2.38. The summed E-state index contributed by atoms with van der Waals surface area (Å²) < 4.78 is 14.4. The molecule has 2 rings (SSSR count). The summed E-state index contributed by atoms with van der Waals surface area (Å²) in [6, 6.07) is 2.62. The maximum Gasteiger partial charge on any atom is 0.303 e. The first-order valence-corrected chi connectivity index (χ1v) is 8.04. The number of carbonyl (C=O) groups is 1. The van der Waals surface area contributed by atoms with Crippen LogP contribution in [0.5, 0.6) is 0 Å². The molecule has 21 heavy (non-hydrogen) atoms. The summed E-state index contributed by atoms with van der Waals surface area (Å²) in [7, 11) is 0. The topological polar surface area (TPSA) is 57.5 Å². The van der Waals surface area contributed by atoms with Gasteiger partial charge in [0.25, 0.3) is 0 Å². The molecule has 1 saturated carbocycles. The molecule has 1 unspecified atom stereocenters. The normalized spacial score (nSPS) is 18.7. The molecule has 0 heterocycles. The van der Waals surface area contributed by atoms with E-state index >= 15 is 0 Å². The smallest absolute Gasteiger partial charge is 0.303 e. The largest absolute Gasteiger partial charge is 0.481 e. The molecule has 116 valence electrons. The van der Waals surface area contributed by atoms with E-state index in [-0.39, 0.29) is 18.4 Å². The Labute approximate surface area is 136 Å². The molecule has 1 aliphatic carbocycles. The summed E-state index contributed by atoms with van der Waals surface area (Å²) in [5.74, 6) is -1.42. The van der Waals surface area contributed by atoms with Crippen LogP contribution in [0.3, 0.4) is 0 Å². The number of carboxylic acid groups (broad SMARTS) is 1. The van der Waals surface area contributed by atoms with Gasteiger partial charge in [-0.2, -0.15) is 0 Å². The predicted octanol–water partition coefficient (Wildman–Crippen LogP) is 4.70. The van der Waals surface area contributed by atoms with Crippen LogP contribution in [0, 0.1) is 11.2 Å². The van der Waals surface area contributed by atoms with E-state index in [1.54, 1.807) is 0 Å². The molecule has 0 aliphatic heterocycles. The molecule has 6 heteroatoms. The molecule has 1 atom stereocenters. The molecule has 0 radical (unpaired) electrons. The first kappa shape index (κ1) is 16.7. The van der Waals surface area contributed by atoms with E-state index in [1.165, 1.54) is 12.1 Å². The molecular formula is C15H17BrClFO3. The number of hydrogen-bond donors (Lipinski definition) is 2. The maximum absolute atomic E-state index is 14.0. The van der Waals surface area contributed by atoms with Gasteiger partial charge in [-0.3, -0.25) is 4.79 Å². The Bertz CT molecular complexity index is 544. The third-order valence-electron chi connectivity index (χ3n) is 4.22. The van der Waals surface area contributed by atoms with E-state index < -0.39 is 23.3 Å². The van der Waals surface area contributed by atoms with E-state index in [4.69, 9.17) is 16.7 Å². The van der Waals surface area contributed by atoms with Crippen molar-refractivity contribution in [3.8, 4) is 0 Å². The van der Waals surface area contributed by atoms with Crippen molar-refractivity contribution in [1.29, 1.82) is 0 Å². The number of halogens is 3. The van der Waals surface area contributed by atoms with Gasteiger partial charge in [0.2, 0.25) is 0 Å². The van der Waals surface area contributed by atoms with Crippen molar-refractivity contribution in [3.05, 3.63) is 33.0 Å². The van der Waals surface area contributed by atoms with Crippen LogP contribution < -0.4 is 0 Å². The molecule has 2 N–H and O–H groups in total. The molecule has 1 aliphatic rings. The zero-order valence-corrected chi connectivity index (χ0v) is 13.8. The van der Waals surface area contributed by atoms with Gasteiger partial charge >= 0.3 is 5.97 Å². The van der Waals surface area contributed by atoms with E-state index in [0.717, 1.165) is 25.7 Å². The van der Waals surface area contributed by atoms with Crippen molar-refractivity contribution < 1.29 is 19.4 Å². The summed E-state index contributed by atoms with van der Waals surface area (Å²) in [4.78, 5) is 11.1. The Kier molecular flexibility index (Phi) is 5.28. The van der Waals surface area contributed by atoms with Crippen molar-refractivity contribution >= 4 is 33.5 Å². The summed E-state index contributed by atoms with van der Waals surface area (Å²) >= 11 is 9.08. The average molecular weight is 380 g/mol. The monoisotopic (exact) mass is 378 g/mol. The summed E-state index contributed by atoms with van der Waals surface area (Å²) in [5.41, 5.74) is -0.322. The fourth-order valence-corrected chi connectivity index (χ4v) is 3.70. The molecule has 1 aromatic rings. The first-order chi connectivity index (χ1) is 9.83. The highest BCUT2D eigenvalue weighted by atomic mass is 79.9. The number of aliphatic hydroxyl groups is 1. The Morgan fingerprint density at radius 1 is 1.43 bits per heavy atom. The SMILES string of the molecule is O=C(O)CC1(CC(O)c2cc(Cl)c(Br)cc2F)CCCC1. The number of hydrogen-bond acceptors (Lipinski definition) is 2. The maximum atomic E-state index is 14.0. The van der Waals surface area contributed by atoms with Gasteiger partial charge in [0.05, 0.1) is 17.5 Å². The van der Waals surface area contributed by atoms with E-state index in [9.17, 15) is 14.3 Å². The molecular weight excluding hydrogens is 363 g/mol. The van der Waals surface area contributed by atoms with Gasteiger partial charge in [0, 0.05) is 10.0 Å². The molecule has 1 fully saturated rings. The van der Waals surface area contributed by atoms with Gasteiger partial charge in [-0.25, -0.2) is 4.39 Å². The lowest BCUT2D eigenvalue weighted by atomic mass is 9.76. The Hall–Kier alpha value is -0.650. The highest BCUT2D eigenvalue weighted by Crippen LogP contribution is 2.47. The van der Waals surface area contributed by atoms with Crippen LogP contribution in [0.4, 0.5) is 4.39 Å². The minimum absolute atomic E-state index is 0.00986. The average Bonchev–Trinajstić information content (AvgIpc) is 2.80. The van der Waals surface area contributed by atoms with Crippen molar-refractivity contribution in [2.75, 3.05) is 0 Å². The van der Waals surface area contributed by atoms with Crippen LogP contribution in [0.1, 0.15) is 50.2 Å². The van der Waals surface area contributed by atoms with Crippen molar-refractivity contribution in [2.45, 2.75) is 44.6 Å². The second kappa shape index (κ2) is 6.63. The van der Waals surface area contributed by atoms with Gasteiger partial charge in [-0.1, -0.05) is 24.4 Å². The fourth-order valence-electron chi connectivity index (χ4n) is 3.21. The molecule has 0 saturated heterocycles. The van der Waals surface area contributed by atoms with Gasteiger partial charge in [0.1, 0.15) is 5.82 Å². The van der Waals surface area contributed by atoms with Crippen LogP contribution in [-0.4, -0.2) is 16.2 Å². The standard InChI is InChI=1S/C15H17BrClFO3/c16-10-6-12(18)9(5-11(10)17)13(19)7-15(8-14(20)21)3-1-2-4-15/h5-6,13,19H,1-4,7-8H2,(H,20,21). The van der Waals surface area contributed by atoms with Gasteiger partial charge < -0.3 is 10.2 Å². The minimum atomic E-state index is -1.05. The van der Waals surface area contributed by atoms with Crippen LogP contribution in [-0.2, 0) is 4.79 Å².